The first kappa shape index (κ1) is 17.6. The van der Waals surface area contributed by atoms with Gasteiger partial charge >= 0.3 is 0 Å². The number of sulfonamides is 1. The summed E-state index contributed by atoms with van der Waals surface area (Å²) in [6, 6.07) is 10.5. The number of rotatable bonds is 8. The van der Waals surface area contributed by atoms with Crippen LogP contribution in [0.3, 0.4) is 0 Å². The lowest BCUT2D eigenvalue weighted by molar-refractivity contribution is -0.121. The number of carbonyl (C=O) groups is 1. The molecule has 1 heterocycles. The average molecular weight is 359 g/mol. The number of hydrogen-bond acceptors (Lipinski definition) is 4. The molecule has 2 N–H and O–H groups in total. The zero-order chi connectivity index (χ0) is 17.7. The summed E-state index contributed by atoms with van der Waals surface area (Å²) in [7, 11) is -3.42. The van der Waals surface area contributed by atoms with Gasteiger partial charge in [0.1, 0.15) is 0 Å². The average Bonchev–Trinajstić information content (AvgIpc) is 3.43. The number of carbonyl (C=O) groups excluding carboxylic acids is 1. The second-order valence-electron chi connectivity index (χ2n) is 6.17. The highest BCUT2D eigenvalue weighted by atomic mass is 32.2. The van der Waals surface area contributed by atoms with Gasteiger partial charge in [0, 0.05) is 31.4 Å². The van der Waals surface area contributed by atoms with E-state index in [1.165, 1.54) is 0 Å². The standard InChI is InChI=1S/C18H21N3O3S/c22-18(20-13-15-9-11-19-12-10-15)8-3-14-1-6-17(7-2-14)25(23,24)21-16-4-5-16/h1-2,6-7,9-12,16,21H,3-5,8,13H2,(H,20,22). The van der Waals surface area contributed by atoms with Crippen LogP contribution in [0.15, 0.2) is 53.7 Å². The molecule has 1 fully saturated rings. The third-order valence-corrected chi connectivity index (χ3v) is 5.55. The number of benzene rings is 1. The number of nitrogens with one attached hydrogen (secondary N) is 2. The fourth-order valence-corrected chi connectivity index (χ4v) is 3.68. The molecule has 0 unspecified atom stereocenters. The maximum atomic E-state index is 12.1. The Kier molecular flexibility index (Phi) is 5.45. The van der Waals surface area contributed by atoms with Gasteiger partial charge in [0.2, 0.25) is 15.9 Å². The van der Waals surface area contributed by atoms with Crippen LogP contribution in [-0.2, 0) is 27.8 Å². The fourth-order valence-electron chi connectivity index (χ4n) is 2.37. The highest BCUT2D eigenvalue weighted by Crippen LogP contribution is 2.22. The summed E-state index contributed by atoms with van der Waals surface area (Å²) in [5.74, 6) is -0.0380. The molecule has 25 heavy (non-hydrogen) atoms. The first-order chi connectivity index (χ1) is 12.0. The molecule has 2 aromatic rings. The molecule has 0 spiro atoms. The molecule has 0 radical (unpaired) electrons. The fraction of sp³-hybridized carbons (Fsp3) is 0.333. The number of aryl methyl sites for hydroxylation is 1. The van der Waals surface area contributed by atoms with Crippen molar-refractivity contribution in [3.05, 3.63) is 59.9 Å². The van der Waals surface area contributed by atoms with E-state index in [4.69, 9.17) is 0 Å². The largest absolute Gasteiger partial charge is 0.352 e. The highest BCUT2D eigenvalue weighted by Gasteiger charge is 2.27. The zero-order valence-corrected chi connectivity index (χ0v) is 14.6. The molecule has 7 heteroatoms. The molecule has 0 bridgehead atoms. The SMILES string of the molecule is O=C(CCc1ccc(S(=O)(=O)NC2CC2)cc1)NCc1ccncc1. The van der Waals surface area contributed by atoms with E-state index < -0.39 is 10.0 Å². The maximum Gasteiger partial charge on any atom is 0.240 e. The first-order valence-electron chi connectivity index (χ1n) is 8.30. The molecule has 6 nitrogen and oxygen atoms in total. The van der Waals surface area contributed by atoms with Gasteiger partial charge < -0.3 is 5.32 Å². The van der Waals surface area contributed by atoms with Crippen LogP contribution in [0.4, 0.5) is 0 Å². The van der Waals surface area contributed by atoms with Gasteiger partial charge in [-0.3, -0.25) is 9.78 Å². The molecule has 1 amide bonds. The Bertz CT molecular complexity index is 816. The number of hydrogen-bond donors (Lipinski definition) is 2. The van der Waals surface area contributed by atoms with E-state index in [1.807, 2.05) is 12.1 Å². The lowest BCUT2D eigenvalue weighted by atomic mass is 10.1. The summed E-state index contributed by atoms with van der Waals surface area (Å²) in [6.45, 7) is 0.478. The highest BCUT2D eigenvalue weighted by molar-refractivity contribution is 7.89. The Morgan fingerprint density at radius 2 is 1.72 bits per heavy atom. The van der Waals surface area contributed by atoms with E-state index in [1.54, 1.807) is 36.7 Å². The zero-order valence-electron chi connectivity index (χ0n) is 13.8. The van der Waals surface area contributed by atoms with Crippen LogP contribution >= 0.6 is 0 Å². The molecule has 0 saturated heterocycles. The molecular formula is C18H21N3O3S. The molecular weight excluding hydrogens is 338 g/mol. The summed E-state index contributed by atoms with van der Waals surface area (Å²) >= 11 is 0. The van der Waals surface area contributed by atoms with Crippen LogP contribution in [-0.4, -0.2) is 25.4 Å². The van der Waals surface area contributed by atoms with E-state index in [2.05, 4.69) is 15.0 Å². The van der Waals surface area contributed by atoms with Crippen LogP contribution in [0, 0.1) is 0 Å². The third kappa shape index (κ3) is 5.37. The minimum absolute atomic E-state index is 0.0380. The summed E-state index contributed by atoms with van der Waals surface area (Å²) in [6.07, 6.45) is 6.12. The van der Waals surface area contributed by atoms with Gasteiger partial charge in [-0.25, -0.2) is 13.1 Å². The van der Waals surface area contributed by atoms with Crippen molar-refractivity contribution < 1.29 is 13.2 Å². The second-order valence-corrected chi connectivity index (χ2v) is 7.89. The monoisotopic (exact) mass is 359 g/mol. The summed E-state index contributed by atoms with van der Waals surface area (Å²) in [4.78, 5) is 16.1. The summed E-state index contributed by atoms with van der Waals surface area (Å²) in [5.41, 5.74) is 1.94. The van der Waals surface area contributed by atoms with Crippen molar-refractivity contribution in [3.8, 4) is 0 Å². The number of aromatic nitrogens is 1. The Morgan fingerprint density at radius 3 is 2.36 bits per heavy atom. The van der Waals surface area contributed by atoms with Crippen molar-refractivity contribution in [1.82, 2.24) is 15.0 Å². The second kappa shape index (κ2) is 7.76. The van der Waals surface area contributed by atoms with Crippen molar-refractivity contribution >= 4 is 15.9 Å². The molecule has 1 aliphatic rings. The van der Waals surface area contributed by atoms with E-state index in [0.29, 0.717) is 19.4 Å². The Hall–Kier alpha value is -2.25. The minimum atomic E-state index is -3.42. The first-order valence-corrected chi connectivity index (χ1v) is 9.78. The van der Waals surface area contributed by atoms with Crippen LogP contribution in [0.25, 0.3) is 0 Å². The molecule has 3 rings (SSSR count). The Labute approximate surface area is 147 Å². The van der Waals surface area contributed by atoms with Gasteiger partial charge in [-0.1, -0.05) is 12.1 Å². The van der Waals surface area contributed by atoms with Gasteiger partial charge in [0.15, 0.2) is 0 Å². The predicted octanol–water partition coefficient (Wildman–Crippen LogP) is 1.77. The van der Waals surface area contributed by atoms with Gasteiger partial charge in [-0.15, -0.1) is 0 Å². The Balaban J connectivity index is 1.47. The molecule has 1 aliphatic carbocycles. The predicted molar refractivity (Wildman–Crippen MR) is 94.2 cm³/mol. The van der Waals surface area contributed by atoms with Crippen molar-refractivity contribution in [3.63, 3.8) is 0 Å². The minimum Gasteiger partial charge on any atom is -0.352 e. The topological polar surface area (TPSA) is 88.2 Å². The van der Waals surface area contributed by atoms with E-state index >= 15 is 0 Å². The van der Waals surface area contributed by atoms with Crippen molar-refractivity contribution in [2.24, 2.45) is 0 Å². The number of nitrogens with zero attached hydrogens (tertiary/aromatic N) is 1. The lowest BCUT2D eigenvalue weighted by Gasteiger charge is -2.07. The van der Waals surface area contributed by atoms with Crippen molar-refractivity contribution in [2.45, 2.75) is 43.2 Å². The van der Waals surface area contributed by atoms with Crippen molar-refractivity contribution in [1.29, 1.82) is 0 Å². The van der Waals surface area contributed by atoms with E-state index in [9.17, 15) is 13.2 Å². The van der Waals surface area contributed by atoms with E-state index in [-0.39, 0.29) is 16.8 Å². The molecule has 0 atom stereocenters. The normalized spacial score (nSPS) is 14.2. The molecule has 1 saturated carbocycles. The maximum absolute atomic E-state index is 12.1. The van der Waals surface area contributed by atoms with Crippen LogP contribution in [0.2, 0.25) is 0 Å². The van der Waals surface area contributed by atoms with E-state index in [0.717, 1.165) is 24.0 Å². The molecule has 132 valence electrons. The number of pyridine rings is 1. The van der Waals surface area contributed by atoms with Crippen LogP contribution < -0.4 is 10.0 Å². The summed E-state index contributed by atoms with van der Waals surface area (Å²) in [5, 5.41) is 2.86. The number of amides is 1. The van der Waals surface area contributed by atoms with Gasteiger partial charge in [-0.05, 0) is 54.7 Å². The van der Waals surface area contributed by atoms with Crippen LogP contribution in [0.1, 0.15) is 30.4 Å². The molecule has 1 aromatic carbocycles. The molecule has 0 aliphatic heterocycles. The quantitative estimate of drug-likeness (QED) is 0.752. The van der Waals surface area contributed by atoms with Crippen LogP contribution in [0.5, 0.6) is 0 Å². The third-order valence-electron chi connectivity index (χ3n) is 4.01. The van der Waals surface area contributed by atoms with Gasteiger partial charge in [0.05, 0.1) is 4.90 Å². The molecule has 1 aromatic heterocycles. The smallest absolute Gasteiger partial charge is 0.240 e. The van der Waals surface area contributed by atoms with Gasteiger partial charge in [-0.2, -0.15) is 0 Å². The van der Waals surface area contributed by atoms with Gasteiger partial charge in [0.25, 0.3) is 0 Å². The summed E-state index contributed by atoms with van der Waals surface area (Å²) < 4.78 is 26.9. The lowest BCUT2D eigenvalue weighted by Crippen LogP contribution is -2.25. The Morgan fingerprint density at radius 1 is 1.04 bits per heavy atom. The van der Waals surface area contributed by atoms with Crippen molar-refractivity contribution in [2.75, 3.05) is 0 Å².